The molecule has 3 N–H and O–H groups in total. The summed E-state index contributed by atoms with van der Waals surface area (Å²) in [7, 11) is 4.76. The van der Waals surface area contributed by atoms with Crippen LogP contribution in [0.3, 0.4) is 0 Å². The Morgan fingerprint density at radius 2 is 1.55 bits per heavy atom. The Kier molecular flexibility index (Phi) is 5.64. The van der Waals surface area contributed by atoms with Crippen LogP contribution in [0.2, 0.25) is 5.02 Å². The average Bonchev–Trinajstić information content (AvgIpc) is 2.78. The van der Waals surface area contributed by atoms with Crippen molar-refractivity contribution in [2.75, 3.05) is 32.4 Å². The zero-order valence-electron chi connectivity index (χ0n) is 17.1. The fraction of sp³-hybridized carbons (Fsp3) is 0.136. The second kappa shape index (κ2) is 8.53. The first-order valence-corrected chi connectivity index (χ1v) is 9.67. The molecular weight excluding hydrogens is 418 g/mol. The zero-order valence-corrected chi connectivity index (χ0v) is 17.9. The molecule has 0 aliphatic heterocycles. The molecule has 0 amide bonds. The number of pyridine rings is 1. The molecule has 0 fully saturated rings. The minimum Gasteiger partial charge on any atom is -0.495 e. The van der Waals surface area contributed by atoms with E-state index < -0.39 is 0 Å². The van der Waals surface area contributed by atoms with Crippen molar-refractivity contribution in [3.8, 4) is 28.5 Å². The number of ether oxygens (including phenoxy) is 3. The van der Waals surface area contributed by atoms with Crippen molar-refractivity contribution in [3.05, 3.63) is 53.6 Å². The van der Waals surface area contributed by atoms with Crippen LogP contribution in [0.25, 0.3) is 22.3 Å². The van der Waals surface area contributed by atoms with Crippen LogP contribution in [0, 0.1) is 0 Å². The maximum atomic E-state index is 6.16. The molecule has 0 saturated heterocycles. The monoisotopic (exact) mass is 437 g/mol. The van der Waals surface area contributed by atoms with E-state index in [1.165, 1.54) is 0 Å². The van der Waals surface area contributed by atoms with Gasteiger partial charge in [-0.2, -0.15) is 4.98 Å². The van der Waals surface area contributed by atoms with Crippen LogP contribution < -0.4 is 25.3 Å². The van der Waals surface area contributed by atoms with E-state index in [1.807, 2.05) is 30.3 Å². The number of rotatable bonds is 6. The summed E-state index contributed by atoms with van der Waals surface area (Å²) in [6.07, 6.45) is 0. The zero-order chi connectivity index (χ0) is 22.0. The highest BCUT2D eigenvalue weighted by Crippen LogP contribution is 2.35. The summed E-state index contributed by atoms with van der Waals surface area (Å²) in [5.74, 6) is 2.41. The van der Waals surface area contributed by atoms with Gasteiger partial charge >= 0.3 is 0 Å². The van der Waals surface area contributed by atoms with Gasteiger partial charge in [0.2, 0.25) is 5.95 Å². The van der Waals surface area contributed by atoms with Crippen molar-refractivity contribution in [1.82, 2.24) is 15.0 Å². The summed E-state index contributed by atoms with van der Waals surface area (Å²) in [4.78, 5) is 13.4. The van der Waals surface area contributed by atoms with Crippen molar-refractivity contribution < 1.29 is 14.2 Å². The highest BCUT2D eigenvalue weighted by atomic mass is 35.5. The van der Waals surface area contributed by atoms with Crippen molar-refractivity contribution in [3.63, 3.8) is 0 Å². The fourth-order valence-electron chi connectivity index (χ4n) is 3.18. The summed E-state index contributed by atoms with van der Waals surface area (Å²) in [5, 5.41) is 3.77. The molecule has 0 aliphatic carbocycles. The first kappa shape index (κ1) is 20.5. The lowest BCUT2D eigenvalue weighted by Crippen LogP contribution is -2.04. The second-order valence-electron chi connectivity index (χ2n) is 6.53. The largest absolute Gasteiger partial charge is 0.495 e. The molecule has 4 aromatic rings. The number of benzene rings is 2. The number of aromatic nitrogens is 3. The van der Waals surface area contributed by atoms with Crippen LogP contribution in [0.5, 0.6) is 17.2 Å². The minimum atomic E-state index is 0.122. The number of methoxy groups -OCH3 is 3. The first-order chi connectivity index (χ1) is 15.0. The Morgan fingerprint density at radius 3 is 2.29 bits per heavy atom. The van der Waals surface area contributed by atoms with E-state index in [0.717, 1.165) is 5.56 Å². The van der Waals surface area contributed by atoms with E-state index in [1.54, 1.807) is 39.5 Å². The lowest BCUT2D eigenvalue weighted by molar-refractivity contribution is 0.355. The number of nitrogens with zero attached hydrogens (tertiary/aromatic N) is 3. The Balaban J connectivity index is 1.83. The number of nitrogens with one attached hydrogen (secondary N) is 1. The predicted molar refractivity (Wildman–Crippen MR) is 122 cm³/mol. The molecule has 4 rings (SSSR count). The van der Waals surface area contributed by atoms with Gasteiger partial charge in [0.05, 0.1) is 38.2 Å². The van der Waals surface area contributed by atoms with Crippen molar-refractivity contribution in [1.29, 1.82) is 0 Å². The van der Waals surface area contributed by atoms with Gasteiger partial charge in [-0.25, -0.2) is 9.97 Å². The maximum absolute atomic E-state index is 6.16. The quantitative estimate of drug-likeness (QED) is 0.447. The summed E-state index contributed by atoms with van der Waals surface area (Å²) >= 11 is 6.16. The van der Waals surface area contributed by atoms with Gasteiger partial charge in [-0.3, -0.25) is 0 Å². The van der Waals surface area contributed by atoms with Crippen molar-refractivity contribution in [2.45, 2.75) is 0 Å². The Hall–Kier alpha value is -3.78. The van der Waals surface area contributed by atoms with Gasteiger partial charge in [0, 0.05) is 10.6 Å². The third kappa shape index (κ3) is 4.10. The Morgan fingerprint density at radius 1 is 0.806 bits per heavy atom. The topological polar surface area (TPSA) is 104 Å². The summed E-state index contributed by atoms with van der Waals surface area (Å²) in [5.41, 5.74) is 9.26. The number of fused-ring (bicyclic) bond motifs is 1. The molecular formula is C22H20ClN5O3. The number of anilines is 3. The molecule has 0 radical (unpaired) electrons. The van der Waals surface area contributed by atoms with Crippen LogP contribution in [0.15, 0.2) is 48.5 Å². The van der Waals surface area contributed by atoms with Crippen LogP contribution in [-0.4, -0.2) is 36.3 Å². The van der Waals surface area contributed by atoms with Crippen LogP contribution in [-0.2, 0) is 0 Å². The van der Waals surface area contributed by atoms with Gasteiger partial charge in [0.1, 0.15) is 11.3 Å². The van der Waals surface area contributed by atoms with Gasteiger partial charge in [-0.1, -0.05) is 11.6 Å². The van der Waals surface area contributed by atoms with E-state index in [9.17, 15) is 0 Å². The molecule has 8 nitrogen and oxygen atoms in total. The van der Waals surface area contributed by atoms with E-state index in [2.05, 4.69) is 15.3 Å². The predicted octanol–water partition coefficient (Wildman–Crippen LogP) is 4.70. The minimum absolute atomic E-state index is 0.122. The van der Waals surface area contributed by atoms with Gasteiger partial charge in [0.15, 0.2) is 17.3 Å². The third-order valence-electron chi connectivity index (χ3n) is 4.65. The summed E-state index contributed by atoms with van der Waals surface area (Å²) in [6, 6.07) is 14.5. The van der Waals surface area contributed by atoms with E-state index in [-0.39, 0.29) is 5.95 Å². The summed E-state index contributed by atoms with van der Waals surface area (Å²) in [6.45, 7) is 0. The lowest BCUT2D eigenvalue weighted by atomic mass is 10.1. The van der Waals surface area contributed by atoms with Gasteiger partial charge in [-0.15, -0.1) is 0 Å². The molecule has 9 heteroatoms. The SMILES string of the molecule is COc1ccc(Cl)cc1Nc1nc(N)nc2ccc(-c3ccc(OC)c(OC)c3)nc12. The van der Waals surface area contributed by atoms with Crippen LogP contribution >= 0.6 is 11.6 Å². The normalized spacial score (nSPS) is 10.7. The molecule has 0 saturated carbocycles. The molecule has 0 atom stereocenters. The molecule has 0 bridgehead atoms. The van der Waals surface area contributed by atoms with Gasteiger partial charge in [-0.05, 0) is 48.5 Å². The van der Waals surface area contributed by atoms with E-state index in [4.69, 9.17) is 36.5 Å². The maximum Gasteiger partial charge on any atom is 0.222 e. The van der Waals surface area contributed by atoms with Gasteiger partial charge < -0.3 is 25.3 Å². The molecule has 31 heavy (non-hydrogen) atoms. The molecule has 2 aromatic carbocycles. The van der Waals surface area contributed by atoms with E-state index >= 15 is 0 Å². The number of nitrogen functional groups attached to an aromatic ring is 1. The van der Waals surface area contributed by atoms with E-state index in [0.29, 0.717) is 50.5 Å². The fourth-order valence-corrected chi connectivity index (χ4v) is 3.35. The third-order valence-corrected chi connectivity index (χ3v) is 4.89. The molecule has 0 unspecified atom stereocenters. The van der Waals surface area contributed by atoms with Crippen molar-refractivity contribution in [2.24, 2.45) is 0 Å². The molecule has 0 spiro atoms. The standard InChI is InChI=1S/C22H20ClN5O3/c1-29-17-9-5-13(23)11-16(17)26-21-20-15(27-22(24)28-21)7-6-14(25-20)12-4-8-18(30-2)19(10-12)31-3/h4-11H,1-3H3,(H3,24,26,27,28). The highest BCUT2D eigenvalue weighted by molar-refractivity contribution is 6.31. The lowest BCUT2D eigenvalue weighted by Gasteiger charge is -2.13. The highest BCUT2D eigenvalue weighted by Gasteiger charge is 2.14. The Labute approximate surface area is 184 Å². The van der Waals surface area contributed by atoms with Crippen LogP contribution in [0.1, 0.15) is 0 Å². The first-order valence-electron chi connectivity index (χ1n) is 9.29. The van der Waals surface area contributed by atoms with Crippen LogP contribution in [0.4, 0.5) is 17.5 Å². The number of hydrogen-bond donors (Lipinski definition) is 2. The number of nitrogens with two attached hydrogens (primary N) is 1. The number of halogens is 1. The smallest absolute Gasteiger partial charge is 0.222 e. The van der Waals surface area contributed by atoms with Gasteiger partial charge in [0.25, 0.3) is 0 Å². The number of hydrogen-bond acceptors (Lipinski definition) is 8. The summed E-state index contributed by atoms with van der Waals surface area (Å²) < 4.78 is 16.1. The second-order valence-corrected chi connectivity index (χ2v) is 6.97. The van der Waals surface area contributed by atoms with Crippen molar-refractivity contribution >= 4 is 40.1 Å². The molecule has 2 aromatic heterocycles. The Bertz CT molecular complexity index is 1270. The molecule has 2 heterocycles. The average molecular weight is 438 g/mol. The molecule has 158 valence electrons. The molecule has 0 aliphatic rings.